The van der Waals surface area contributed by atoms with Crippen LogP contribution >= 0.6 is 0 Å². The summed E-state index contributed by atoms with van der Waals surface area (Å²) < 4.78 is 26.4. The van der Waals surface area contributed by atoms with Crippen molar-refractivity contribution >= 4 is 10.0 Å². The molecule has 0 amide bonds. The molecule has 20 heavy (non-hydrogen) atoms. The van der Waals surface area contributed by atoms with Crippen LogP contribution in [0.4, 0.5) is 0 Å². The third kappa shape index (κ3) is 2.60. The lowest BCUT2D eigenvalue weighted by Crippen LogP contribution is -2.28. The molecule has 0 heterocycles. The van der Waals surface area contributed by atoms with Crippen LogP contribution in [0.3, 0.4) is 0 Å². The Morgan fingerprint density at radius 3 is 2.15 bits per heavy atom. The monoisotopic (exact) mass is 291 g/mol. The molecule has 0 unspecified atom stereocenters. The van der Waals surface area contributed by atoms with E-state index in [1.165, 1.54) is 13.1 Å². The van der Waals surface area contributed by atoms with E-state index >= 15 is 0 Å². The second kappa shape index (κ2) is 5.36. The Labute approximate surface area is 119 Å². The summed E-state index contributed by atoms with van der Waals surface area (Å²) in [5.74, 6) is 0. The second-order valence-corrected chi connectivity index (χ2v) is 6.50. The van der Waals surface area contributed by atoms with Crippen LogP contribution in [0.2, 0.25) is 0 Å². The number of rotatable bonds is 4. The molecule has 1 atom stereocenters. The maximum absolute atomic E-state index is 12.1. The standard InChI is InChI=1S/C15H17NO3S/c1-15(17,12-8-4-3-5-9-12)13-10-6-7-11-14(13)20(18,19)16-2/h3-11,16-17H,1-2H3/t15-/m0/s1. The molecular formula is C15H17NO3S. The molecule has 2 aromatic carbocycles. The van der Waals surface area contributed by atoms with Crippen LogP contribution in [0.25, 0.3) is 0 Å². The lowest BCUT2D eigenvalue weighted by atomic mass is 9.88. The smallest absolute Gasteiger partial charge is 0.240 e. The number of benzene rings is 2. The summed E-state index contributed by atoms with van der Waals surface area (Å²) in [6, 6.07) is 15.4. The summed E-state index contributed by atoms with van der Waals surface area (Å²) in [7, 11) is -2.28. The largest absolute Gasteiger partial charge is 0.381 e. The number of hydrogen-bond acceptors (Lipinski definition) is 3. The van der Waals surface area contributed by atoms with Crippen molar-refractivity contribution in [1.82, 2.24) is 4.72 Å². The van der Waals surface area contributed by atoms with E-state index in [9.17, 15) is 13.5 Å². The van der Waals surface area contributed by atoms with E-state index in [1.54, 1.807) is 49.4 Å². The molecular weight excluding hydrogens is 274 g/mol. The van der Waals surface area contributed by atoms with Gasteiger partial charge in [0.1, 0.15) is 5.60 Å². The van der Waals surface area contributed by atoms with Gasteiger partial charge in [0.05, 0.1) is 4.90 Å². The fourth-order valence-corrected chi connectivity index (χ4v) is 3.17. The van der Waals surface area contributed by atoms with Gasteiger partial charge in [-0.2, -0.15) is 0 Å². The first-order chi connectivity index (χ1) is 9.39. The minimum Gasteiger partial charge on any atom is -0.381 e. The van der Waals surface area contributed by atoms with Gasteiger partial charge in [0.2, 0.25) is 10.0 Å². The maximum atomic E-state index is 12.1. The van der Waals surface area contributed by atoms with Gasteiger partial charge in [-0.05, 0) is 25.6 Å². The van der Waals surface area contributed by atoms with Crippen LogP contribution in [-0.4, -0.2) is 20.6 Å². The molecule has 0 aromatic heterocycles. The molecule has 0 saturated carbocycles. The molecule has 106 valence electrons. The van der Waals surface area contributed by atoms with E-state index in [0.29, 0.717) is 11.1 Å². The zero-order valence-electron chi connectivity index (χ0n) is 11.4. The van der Waals surface area contributed by atoms with Gasteiger partial charge in [0.25, 0.3) is 0 Å². The van der Waals surface area contributed by atoms with E-state index in [0.717, 1.165) is 0 Å². The van der Waals surface area contributed by atoms with Crippen LogP contribution in [0.5, 0.6) is 0 Å². The predicted octanol–water partition coefficient (Wildman–Crippen LogP) is 1.85. The first kappa shape index (κ1) is 14.7. The molecule has 0 fully saturated rings. The van der Waals surface area contributed by atoms with Crippen LogP contribution in [0, 0.1) is 0 Å². The molecule has 0 radical (unpaired) electrons. The molecule has 0 saturated heterocycles. The van der Waals surface area contributed by atoms with Gasteiger partial charge in [0, 0.05) is 5.56 Å². The highest BCUT2D eigenvalue weighted by Crippen LogP contribution is 2.33. The van der Waals surface area contributed by atoms with Gasteiger partial charge >= 0.3 is 0 Å². The normalized spacial score (nSPS) is 14.8. The number of nitrogens with one attached hydrogen (secondary N) is 1. The average Bonchev–Trinajstić information content (AvgIpc) is 2.48. The molecule has 0 spiro atoms. The van der Waals surface area contributed by atoms with Crippen LogP contribution in [0.15, 0.2) is 59.5 Å². The fraction of sp³-hybridized carbons (Fsp3) is 0.200. The third-order valence-electron chi connectivity index (χ3n) is 3.31. The van der Waals surface area contributed by atoms with Crippen molar-refractivity contribution in [1.29, 1.82) is 0 Å². The summed E-state index contributed by atoms with van der Waals surface area (Å²) in [6.07, 6.45) is 0. The van der Waals surface area contributed by atoms with E-state index < -0.39 is 15.6 Å². The van der Waals surface area contributed by atoms with Crippen molar-refractivity contribution in [3.05, 3.63) is 65.7 Å². The Hall–Kier alpha value is -1.69. The van der Waals surface area contributed by atoms with E-state index in [-0.39, 0.29) is 4.90 Å². The molecule has 0 bridgehead atoms. The van der Waals surface area contributed by atoms with Crippen molar-refractivity contribution in [2.45, 2.75) is 17.4 Å². The van der Waals surface area contributed by atoms with Crippen molar-refractivity contribution in [2.75, 3.05) is 7.05 Å². The van der Waals surface area contributed by atoms with Crippen LogP contribution < -0.4 is 4.72 Å². The second-order valence-electron chi connectivity index (χ2n) is 4.64. The van der Waals surface area contributed by atoms with Gasteiger partial charge in [-0.15, -0.1) is 0 Å². The van der Waals surface area contributed by atoms with E-state index in [1.807, 2.05) is 6.07 Å². The van der Waals surface area contributed by atoms with Crippen LogP contribution in [0.1, 0.15) is 18.1 Å². The predicted molar refractivity (Wildman–Crippen MR) is 77.8 cm³/mol. The van der Waals surface area contributed by atoms with Crippen molar-refractivity contribution in [2.24, 2.45) is 0 Å². The Balaban J connectivity index is 2.65. The SMILES string of the molecule is CNS(=O)(=O)c1ccccc1[C@@](C)(O)c1ccccc1. The molecule has 2 N–H and O–H groups in total. The number of aliphatic hydroxyl groups is 1. The quantitative estimate of drug-likeness (QED) is 0.903. The van der Waals surface area contributed by atoms with Gasteiger partial charge in [-0.25, -0.2) is 13.1 Å². The molecule has 0 aliphatic rings. The fourth-order valence-electron chi connectivity index (χ4n) is 2.13. The van der Waals surface area contributed by atoms with Gasteiger partial charge in [-0.3, -0.25) is 0 Å². The van der Waals surface area contributed by atoms with E-state index in [2.05, 4.69) is 4.72 Å². The van der Waals surface area contributed by atoms with Gasteiger partial charge in [0.15, 0.2) is 0 Å². The first-order valence-corrected chi connectivity index (χ1v) is 7.69. The molecule has 0 aliphatic carbocycles. The summed E-state index contributed by atoms with van der Waals surface area (Å²) in [6.45, 7) is 1.59. The summed E-state index contributed by atoms with van der Waals surface area (Å²) in [5, 5.41) is 10.8. The number of sulfonamides is 1. The van der Waals surface area contributed by atoms with Gasteiger partial charge in [-0.1, -0.05) is 48.5 Å². The Morgan fingerprint density at radius 2 is 1.55 bits per heavy atom. The lowest BCUT2D eigenvalue weighted by Gasteiger charge is -2.26. The summed E-state index contributed by atoms with van der Waals surface area (Å²) in [4.78, 5) is 0.0800. The highest BCUT2D eigenvalue weighted by Gasteiger charge is 2.31. The highest BCUT2D eigenvalue weighted by molar-refractivity contribution is 7.89. The van der Waals surface area contributed by atoms with Crippen molar-refractivity contribution < 1.29 is 13.5 Å². The summed E-state index contributed by atoms with van der Waals surface area (Å²) in [5.41, 5.74) is -0.402. The lowest BCUT2D eigenvalue weighted by molar-refractivity contribution is 0.0991. The Kier molecular flexibility index (Phi) is 3.94. The van der Waals surface area contributed by atoms with Gasteiger partial charge < -0.3 is 5.11 Å². The highest BCUT2D eigenvalue weighted by atomic mass is 32.2. The molecule has 2 rings (SSSR count). The summed E-state index contributed by atoms with van der Waals surface area (Å²) >= 11 is 0. The molecule has 4 nitrogen and oxygen atoms in total. The third-order valence-corrected chi connectivity index (χ3v) is 4.78. The van der Waals surface area contributed by atoms with Crippen molar-refractivity contribution in [3.8, 4) is 0 Å². The van der Waals surface area contributed by atoms with Crippen LogP contribution in [-0.2, 0) is 15.6 Å². The average molecular weight is 291 g/mol. The number of hydrogen-bond donors (Lipinski definition) is 2. The Morgan fingerprint density at radius 1 is 1.00 bits per heavy atom. The Bertz CT molecular complexity index is 694. The minimum atomic E-state index is -3.63. The molecule has 2 aromatic rings. The zero-order chi connectivity index (χ0) is 14.8. The molecule has 5 heteroatoms. The first-order valence-electron chi connectivity index (χ1n) is 6.20. The maximum Gasteiger partial charge on any atom is 0.240 e. The topological polar surface area (TPSA) is 66.4 Å². The van der Waals surface area contributed by atoms with E-state index in [4.69, 9.17) is 0 Å². The van der Waals surface area contributed by atoms with Crippen molar-refractivity contribution in [3.63, 3.8) is 0 Å². The zero-order valence-corrected chi connectivity index (χ0v) is 12.2. The molecule has 0 aliphatic heterocycles. The minimum absolute atomic E-state index is 0.0800.